The minimum Gasteiger partial charge on any atom is -0.382 e. The fraction of sp³-hybridized carbons (Fsp3) is 0.250. The second-order valence-electron chi connectivity index (χ2n) is 8.20. The smallest absolute Gasteiger partial charge is 0.256 e. The Balaban J connectivity index is 1.22. The molecule has 2 aromatic heterocycles. The Kier molecular flexibility index (Phi) is 5.18. The lowest BCUT2D eigenvalue weighted by atomic mass is 10.0. The number of anilines is 2. The summed E-state index contributed by atoms with van der Waals surface area (Å²) in [7, 11) is 2.16. The van der Waals surface area contributed by atoms with Crippen molar-refractivity contribution in [3.8, 4) is 11.3 Å². The average Bonchev–Trinajstić information content (AvgIpc) is 3.45. The van der Waals surface area contributed by atoms with Gasteiger partial charge in [-0.05, 0) is 74.8 Å². The number of nitrogens with zero attached hydrogens (tertiary/aromatic N) is 2. The summed E-state index contributed by atoms with van der Waals surface area (Å²) >= 11 is 0. The molecule has 0 radical (unpaired) electrons. The van der Waals surface area contributed by atoms with Gasteiger partial charge < -0.3 is 20.5 Å². The van der Waals surface area contributed by atoms with Crippen LogP contribution in [-0.4, -0.2) is 52.2 Å². The molecule has 5 rings (SSSR count). The molecule has 7 heteroatoms. The molecular weight excluding hydrogens is 388 g/mol. The summed E-state index contributed by atoms with van der Waals surface area (Å²) in [4.78, 5) is 18.2. The maximum absolute atomic E-state index is 12.6. The number of hydrogen-bond donors (Lipinski definition) is 4. The van der Waals surface area contributed by atoms with Gasteiger partial charge in [0.25, 0.3) is 5.91 Å². The number of carbonyl (C=O) groups is 1. The van der Waals surface area contributed by atoms with Crippen molar-refractivity contribution in [3.63, 3.8) is 0 Å². The van der Waals surface area contributed by atoms with Crippen LogP contribution in [0.4, 0.5) is 11.5 Å². The standard InChI is InChI=1S/C24H26N6O/c1-30-12-9-20(10-13-30)26-19-6-4-17(5-7-19)24(31)27-23-15-22(28-29-23)18-3-2-16-8-11-25-21(16)14-18/h2-8,11,14-15,20,25-26H,9-10,12-13H2,1H3,(H2,27,28,29,31). The number of hydrogen-bond acceptors (Lipinski definition) is 4. The summed E-state index contributed by atoms with van der Waals surface area (Å²) in [5.74, 6) is 0.404. The van der Waals surface area contributed by atoms with E-state index in [1.807, 2.05) is 54.7 Å². The first-order valence-electron chi connectivity index (χ1n) is 10.6. The molecule has 158 valence electrons. The lowest BCUT2D eigenvalue weighted by molar-refractivity contribution is 0.102. The maximum Gasteiger partial charge on any atom is 0.256 e. The maximum atomic E-state index is 12.6. The van der Waals surface area contributed by atoms with E-state index in [4.69, 9.17) is 0 Å². The van der Waals surface area contributed by atoms with E-state index in [2.05, 4.69) is 43.8 Å². The number of H-pyrrole nitrogens is 2. The molecule has 31 heavy (non-hydrogen) atoms. The molecule has 3 heterocycles. The number of aromatic nitrogens is 3. The topological polar surface area (TPSA) is 88.8 Å². The SMILES string of the molecule is CN1CCC(Nc2ccc(C(=O)Nc3cc(-c4ccc5cc[nH]c5c4)n[nH]3)cc2)CC1. The Labute approximate surface area is 180 Å². The number of benzene rings is 2. The van der Waals surface area contributed by atoms with Crippen LogP contribution in [0.25, 0.3) is 22.2 Å². The Bertz CT molecular complexity index is 1180. The summed E-state index contributed by atoms with van der Waals surface area (Å²) < 4.78 is 0. The van der Waals surface area contributed by atoms with Crippen molar-refractivity contribution in [2.75, 3.05) is 30.8 Å². The number of nitrogens with one attached hydrogen (secondary N) is 4. The van der Waals surface area contributed by atoms with Gasteiger partial charge in [0, 0.05) is 40.6 Å². The molecule has 0 saturated carbocycles. The van der Waals surface area contributed by atoms with Gasteiger partial charge in [-0.2, -0.15) is 5.10 Å². The quantitative estimate of drug-likeness (QED) is 0.392. The number of piperidine rings is 1. The highest BCUT2D eigenvalue weighted by atomic mass is 16.1. The summed E-state index contributed by atoms with van der Waals surface area (Å²) in [6.07, 6.45) is 4.19. The molecule has 0 atom stereocenters. The van der Waals surface area contributed by atoms with Gasteiger partial charge in [0.05, 0.1) is 5.69 Å². The second-order valence-corrected chi connectivity index (χ2v) is 8.20. The zero-order valence-corrected chi connectivity index (χ0v) is 17.5. The fourth-order valence-electron chi connectivity index (χ4n) is 4.04. The van der Waals surface area contributed by atoms with Crippen LogP contribution in [0.3, 0.4) is 0 Å². The minimum atomic E-state index is -0.166. The van der Waals surface area contributed by atoms with Crippen molar-refractivity contribution >= 4 is 28.3 Å². The summed E-state index contributed by atoms with van der Waals surface area (Å²) in [6, 6.07) is 18.1. The van der Waals surface area contributed by atoms with Gasteiger partial charge in [0.2, 0.25) is 0 Å². The molecule has 0 unspecified atom stereocenters. The van der Waals surface area contributed by atoms with E-state index in [0.717, 1.165) is 53.8 Å². The molecule has 1 amide bonds. The van der Waals surface area contributed by atoms with E-state index in [0.29, 0.717) is 17.4 Å². The number of rotatable bonds is 5. The number of likely N-dealkylation sites (tertiary alicyclic amines) is 1. The van der Waals surface area contributed by atoms with Crippen LogP contribution in [0.1, 0.15) is 23.2 Å². The molecule has 0 aliphatic carbocycles. The van der Waals surface area contributed by atoms with Crippen molar-refractivity contribution in [2.45, 2.75) is 18.9 Å². The zero-order chi connectivity index (χ0) is 21.2. The van der Waals surface area contributed by atoms with E-state index < -0.39 is 0 Å². The van der Waals surface area contributed by atoms with Crippen LogP contribution in [0.2, 0.25) is 0 Å². The van der Waals surface area contributed by atoms with Crippen molar-refractivity contribution in [2.24, 2.45) is 0 Å². The van der Waals surface area contributed by atoms with E-state index in [1.54, 1.807) is 0 Å². The molecule has 1 fully saturated rings. The largest absolute Gasteiger partial charge is 0.382 e. The van der Waals surface area contributed by atoms with Gasteiger partial charge in [0.1, 0.15) is 5.82 Å². The first-order valence-corrected chi connectivity index (χ1v) is 10.6. The van der Waals surface area contributed by atoms with Crippen LogP contribution >= 0.6 is 0 Å². The van der Waals surface area contributed by atoms with Gasteiger partial charge in [-0.3, -0.25) is 9.89 Å². The Hall–Kier alpha value is -3.58. The number of carbonyl (C=O) groups excluding carboxylic acids is 1. The number of fused-ring (bicyclic) bond motifs is 1. The fourth-order valence-corrected chi connectivity index (χ4v) is 4.04. The van der Waals surface area contributed by atoms with Crippen molar-refractivity contribution < 1.29 is 4.79 Å². The van der Waals surface area contributed by atoms with E-state index in [1.165, 1.54) is 0 Å². The molecule has 2 aromatic carbocycles. The molecule has 0 bridgehead atoms. The van der Waals surface area contributed by atoms with Crippen molar-refractivity contribution in [1.82, 2.24) is 20.1 Å². The second kappa shape index (κ2) is 8.28. The van der Waals surface area contributed by atoms with Crippen molar-refractivity contribution in [3.05, 3.63) is 66.4 Å². The third-order valence-electron chi connectivity index (χ3n) is 5.91. The molecule has 1 aliphatic heterocycles. The minimum absolute atomic E-state index is 0.166. The highest BCUT2D eigenvalue weighted by Gasteiger charge is 2.16. The zero-order valence-electron chi connectivity index (χ0n) is 17.5. The number of amides is 1. The Morgan fingerprint density at radius 2 is 1.87 bits per heavy atom. The van der Waals surface area contributed by atoms with E-state index in [-0.39, 0.29) is 5.91 Å². The predicted octanol–water partition coefficient (Wildman–Crippen LogP) is 4.32. The van der Waals surface area contributed by atoms with Gasteiger partial charge in [-0.1, -0.05) is 12.1 Å². The Morgan fingerprint density at radius 3 is 2.68 bits per heavy atom. The molecule has 4 N–H and O–H groups in total. The molecule has 1 saturated heterocycles. The van der Waals surface area contributed by atoms with E-state index in [9.17, 15) is 4.79 Å². The highest BCUT2D eigenvalue weighted by Crippen LogP contribution is 2.24. The van der Waals surface area contributed by atoms with Crippen LogP contribution in [-0.2, 0) is 0 Å². The lowest BCUT2D eigenvalue weighted by Gasteiger charge is -2.30. The Morgan fingerprint density at radius 1 is 1.06 bits per heavy atom. The number of aromatic amines is 2. The average molecular weight is 415 g/mol. The summed E-state index contributed by atoms with van der Waals surface area (Å²) in [6.45, 7) is 2.23. The van der Waals surface area contributed by atoms with Crippen LogP contribution in [0, 0.1) is 0 Å². The van der Waals surface area contributed by atoms with Crippen LogP contribution in [0.15, 0.2) is 60.8 Å². The third kappa shape index (κ3) is 4.32. The van der Waals surface area contributed by atoms with Gasteiger partial charge in [-0.25, -0.2) is 0 Å². The van der Waals surface area contributed by atoms with Crippen LogP contribution < -0.4 is 10.6 Å². The van der Waals surface area contributed by atoms with E-state index >= 15 is 0 Å². The molecule has 7 nitrogen and oxygen atoms in total. The summed E-state index contributed by atoms with van der Waals surface area (Å²) in [5, 5.41) is 14.9. The first-order chi connectivity index (χ1) is 15.1. The van der Waals surface area contributed by atoms with Gasteiger partial charge in [-0.15, -0.1) is 0 Å². The third-order valence-corrected chi connectivity index (χ3v) is 5.91. The monoisotopic (exact) mass is 414 g/mol. The lowest BCUT2D eigenvalue weighted by Crippen LogP contribution is -2.36. The molecule has 1 aliphatic rings. The summed E-state index contributed by atoms with van der Waals surface area (Å²) in [5.41, 5.74) is 4.48. The normalized spacial score (nSPS) is 15.3. The first kappa shape index (κ1) is 19.4. The molecule has 0 spiro atoms. The van der Waals surface area contributed by atoms with Crippen molar-refractivity contribution in [1.29, 1.82) is 0 Å². The van der Waals surface area contributed by atoms with Gasteiger partial charge >= 0.3 is 0 Å². The molecular formula is C24H26N6O. The molecule has 4 aromatic rings. The predicted molar refractivity (Wildman–Crippen MR) is 124 cm³/mol. The van der Waals surface area contributed by atoms with Crippen LogP contribution in [0.5, 0.6) is 0 Å². The highest BCUT2D eigenvalue weighted by molar-refractivity contribution is 6.04. The van der Waals surface area contributed by atoms with Gasteiger partial charge in [0.15, 0.2) is 0 Å².